The number of halogens is 1. The van der Waals surface area contributed by atoms with E-state index in [4.69, 9.17) is 10.00 Å². The summed E-state index contributed by atoms with van der Waals surface area (Å²) in [5, 5.41) is 22.8. The molecule has 4 atom stereocenters. The molecule has 2 fully saturated rings. The van der Waals surface area contributed by atoms with Crippen LogP contribution in [-0.2, 0) is 16.0 Å². The highest BCUT2D eigenvalue weighted by Gasteiger charge is 2.52. The fourth-order valence-electron chi connectivity index (χ4n) is 5.84. The first kappa shape index (κ1) is 26.2. The van der Waals surface area contributed by atoms with Crippen LogP contribution < -0.4 is 10.9 Å². The number of H-pyrrole nitrogens is 1. The molecule has 200 valence electrons. The zero-order valence-corrected chi connectivity index (χ0v) is 21.9. The number of ether oxygens (including phenoxy) is 1. The number of fused-ring (bicyclic) bond motifs is 5. The molecular formula is C29H28FN5O4. The second-order valence-electron chi connectivity index (χ2n) is 11.3. The van der Waals surface area contributed by atoms with Crippen LogP contribution in [0.4, 0.5) is 9.18 Å². The largest absolute Gasteiger partial charge is 0.444 e. The van der Waals surface area contributed by atoms with Crippen molar-refractivity contribution in [2.24, 2.45) is 5.92 Å². The molecule has 39 heavy (non-hydrogen) atoms. The van der Waals surface area contributed by atoms with Gasteiger partial charge in [-0.2, -0.15) is 10.5 Å². The Labute approximate surface area is 224 Å². The van der Waals surface area contributed by atoms with Crippen molar-refractivity contribution in [1.82, 2.24) is 15.2 Å². The zero-order valence-electron chi connectivity index (χ0n) is 21.9. The molecule has 0 radical (unpaired) electrons. The number of nitrogens with zero attached hydrogens (tertiary/aromatic N) is 3. The third-order valence-corrected chi connectivity index (χ3v) is 7.47. The smallest absolute Gasteiger partial charge is 0.411 e. The van der Waals surface area contributed by atoms with Crippen molar-refractivity contribution in [3.05, 3.63) is 57.6 Å². The summed E-state index contributed by atoms with van der Waals surface area (Å²) >= 11 is 0. The number of benzene rings is 2. The van der Waals surface area contributed by atoms with Gasteiger partial charge in [-0.3, -0.25) is 14.5 Å². The van der Waals surface area contributed by atoms with Gasteiger partial charge in [0.05, 0.1) is 23.2 Å². The molecule has 0 spiro atoms. The maximum absolute atomic E-state index is 15.3. The van der Waals surface area contributed by atoms with Crippen molar-refractivity contribution < 1.29 is 18.7 Å². The van der Waals surface area contributed by atoms with Gasteiger partial charge in [0.2, 0.25) is 5.91 Å². The second-order valence-corrected chi connectivity index (χ2v) is 11.3. The fraction of sp³-hybridized carbons (Fsp3) is 0.414. The summed E-state index contributed by atoms with van der Waals surface area (Å²) in [6.45, 7) is 5.28. The molecule has 1 aliphatic carbocycles. The summed E-state index contributed by atoms with van der Waals surface area (Å²) < 4.78 is 20.8. The Bertz CT molecular complexity index is 1640. The standard InChI is InChI=1S/C29H28FN5O4/c1-29(2,3)39-28(38)35-19-6-5-16(10-19)25(35)27(37)33-18(14-32)9-17-11-22-21(12-23(17)30)20-7-4-15(13-31)8-24(20)34-26(22)36/h4,7-8,11-12,16,18-19,25H,5-6,9-10H2,1-3H3,(H,33,37)(H,34,36). The predicted molar refractivity (Wildman–Crippen MR) is 141 cm³/mol. The lowest BCUT2D eigenvalue weighted by Gasteiger charge is -2.35. The van der Waals surface area contributed by atoms with Gasteiger partial charge >= 0.3 is 6.09 Å². The molecule has 2 heterocycles. The van der Waals surface area contributed by atoms with Gasteiger partial charge in [-0.1, -0.05) is 6.07 Å². The van der Waals surface area contributed by atoms with Crippen molar-refractivity contribution in [3.8, 4) is 12.1 Å². The number of nitriles is 2. The molecule has 2 amide bonds. The van der Waals surface area contributed by atoms with Gasteiger partial charge in [-0.05, 0) is 81.2 Å². The molecule has 2 bridgehead atoms. The molecule has 2 aliphatic rings. The van der Waals surface area contributed by atoms with Crippen molar-refractivity contribution in [2.75, 3.05) is 0 Å². The predicted octanol–water partition coefficient (Wildman–Crippen LogP) is 4.03. The number of rotatable bonds is 4. The summed E-state index contributed by atoms with van der Waals surface area (Å²) in [6.07, 6.45) is 1.56. The number of likely N-dealkylation sites (tertiary alicyclic amines) is 1. The maximum atomic E-state index is 15.3. The number of nitrogens with one attached hydrogen (secondary N) is 2. The lowest BCUT2D eigenvalue weighted by Crippen LogP contribution is -2.55. The molecular weight excluding hydrogens is 501 g/mol. The number of hydrogen-bond acceptors (Lipinski definition) is 6. The normalized spacial score (nSPS) is 21.0. The van der Waals surface area contributed by atoms with Crippen molar-refractivity contribution in [3.63, 3.8) is 0 Å². The summed E-state index contributed by atoms with van der Waals surface area (Å²) in [7, 11) is 0. The van der Waals surface area contributed by atoms with E-state index in [1.54, 1.807) is 32.9 Å². The van der Waals surface area contributed by atoms with E-state index < -0.39 is 41.1 Å². The first-order valence-electron chi connectivity index (χ1n) is 12.9. The van der Waals surface area contributed by atoms with E-state index in [-0.39, 0.29) is 29.3 Å². The third kappa shape index (κ3) is 4.90. The van der Waals surface area contributed by atoms with Crippen molar-refractivity contribution in [2.45, 2.75) is 70.2 Å². The van der Waals surface area contributed by atoms with Crippen LogP contribution in [0.3, 0.4) is 0 Å². The molecule has 2 aromatic carbocycles. The molecule has 9 nitrogen and oxygen atoms in total. The van der Waals surface area contributed by atoms with Crippen LogP contribution in [0, 0.1) is 34.4 Å². The van der Waals surface area contributed by atoms with Crippen LogP contribution in [0.1, 0.15) is 51.2 Å². The number of carbonyl (C=O) groups excluding carboxylic acids is 2. The summed E-state index contributed by atoms with van der Waals surface area (Å²) in [5.74, 6) is -1.13. The van der Waals surface area contributed by atoms with Gasteiger partial charge in [0.1, 0.15) is 23.5 Å². The molecule has 10 heteroatoms. The number of aromatic nitrogens is 1. The van der Waals surface area contributed by atoms with Gasteiger partial charge in [0.25, 0.3) is 5.56 Å². The highest BCUT2D eigenvalue weighted by atomic mass is 19.1. The Morgan fingerprint density at radius 1 is 1.18 bits per heavy atom. The van der Waals surface area contributed by atoms with Crippen LogP contribution >= 0.6 is 0 Å². The molecule has 5 rings (SSSR count). The van der Waals surface area contributed by atoms with Gasteiger partial charge in [-0.15, -0.1) is 0 Å². The Hall–Kier alpha value is -4.44. The van der Waals surface area contributed by atoms with E-state index in [1.807, 2.05) is 12.1 Å². The zero-order chi connectivity index (χ0) is 28.1. The summed E-state index contributed by atoms with van der Waals surface area (Å²) in [5.41, 5.74) is -0.292. The van der Waals surface area contributed by atoms with Crippen LogP contribution in [0.15, 0.2) is 35.1 Å². The molecule has 3 aromatic rings. The Morgan fingerprint density at radius 2 is 1.95 bits per heavy atom. The number of piperidine rings is 1. The van der Waals surface area contributed by atoms with Gasteiger partial charge in [-0.25, -0.2) is 9.18 Å². The SMILES string of the molecule is CC(C)(C)OC(=O)N1C2CCC(C2)C1C(=O)NC(C#N)Cc1cc2c(=O)[nH]c3cc(C#N)ccc3c2cc1F. The lowest BCUT2D eigenvalue weighted by molar-refractivity contribution is -0.128. The van der Waals surface area contributed by atoms with Gasteiger partial charge in [0.15, 0.2) is 0 Å². The van der Waals surface area contributed by atoms with Crippen molar-refractivity contribution >= 4 is 33.7 Å². The van der Waals surface area contributed by atoms with Gasteiger partial charge in [0, 0.05) is 23.2 Å². The maximum Gasteiger partial charge on any atom is 0.411 e. The topological polar surface area (TPSA) is 139 Å². The number of amides is 2. The molecule has 1 saturated carbocycles. The first-order valence-corrected chi connectivity index (χ1v) is 12.9. The van der Waals surface area contributed by atoms with Crippen molar-refractivity contribution in [1.29, 1.82) is 10.5 Å². The molecule has 1 saturated heterocycles. The van der Waals surface area contributed by atoms with E-state index in [0.29, 0.717) is 28.3 Å². The first-order chi connectivity index (χ1) is 18.5. The average molecular weight is 530 g/mol. The number of carbonyl (C=O) groups is 2. The quantitative estimate of drug-likeness (QED) is 0.489. The Balaban J connectivity index is 1.39. The molecule has 4 unspecified atom stereocenters. The van der Waals surface area contributed by atoms with Crippen LogP contribution in [-0.4, -0.2) is 45.6 Å². The van der Waals surface area contributed by atoms with Crippen LogP contribution in [0.5, 0.6) is 0 Å². The van der Waals surface area contributed by atoms with E-state index in [1.165, 1.54) is 23.1 Å². The van der Waals surface area contributed by atoms with Gasteiger partial charge < -0.3 is 15.0 Å². The average Bonchev–Trinajstić information content (AvgIpc) is 3.50. The number of aromatic amines is 1. The highest BCUT2D eigenvalue weighted by Crippen LogP contribution is 2.43. The number of pyridine rings is 1. The van der Waals surface area contributed by atoms with Crippen LogP contribution in [0.2, 0.25) is 0 Å². The molecule has 2 N–H and O–H groups in total. The van der Waals surface area contributed by atoms with E-state index in [9.17, 15) is 19.6 Å². The Kier molecular flexibility index (Phi) is 6.51. The highest BCUT2D eigenvalue weighted by molar-refractivity contribution is 6.05. The minimum absolute atomic E-state index is 0.0346. The van der Waals surface area contributed by atoms with E-state index in [2.05, 4.69) is 10.3 Å². The summed E-state index contributed by atoms with van der Waals surface area (Å²) in [6, 6.07) is 9.48. The Morgan fingerprint density at radius 3 is 2.64 bits per heavy atom. The summed E-state index contributed by atoms with van der Waals surface area (Å²) in [4.78, 5) is 43.2. The lowest BCUT2D eigenvalue weighted by atomic mass is 9.96. The fourth-order valence-corrected chi connectivity index (χ4v) is 5.84. The van der Waals surface area contributed by atoms with E-state index in [0.717, 1.165) is 12.8 Å². The van der Waals surface area contributed by atoms with Crippen LogP contribution in [0.25, 0.3) is 21.7 Å². The third-order valence-electron chi connectivity index (χ3n) is 7.47. The molecule has 1 aliphatic heterocycles. The minimum atomic E-state index is -1.08. The molecule has 1 aromatic heterocycles. The minimum Gasteiger partial charge on any atom is -0.444 e. The van der Waals surface area contributed by atoms with E-state index >= 15 is 4.39 Å². The monoisotopic (exact) mass is 529 g/mol. The second kappa shape index (κ2) is 9.70. The number of hydrogen-bond donors (Lipinski definition) is 2.